The Balaban J connectivity index is 1.78. The Morgan fingerprint density at radius 1 is 1.28 bits per heavy atom. The molecule has 1 aromatic carbocycles. The van der Waals surface area contributed by atoms with Crippen LogP contribution >= 0.6 is 0 Å². The van der Waals surface area contributed by atoms with Crippen molar-refractivity contribution < 1.29 is 13.9 Å². The van der Waals surface area contributed by atoms with E-state index in [0.717, 1.165) is 25.2 Å². The van der Waals surface area contributed by atoms with Crippen LogP contribution in [-0.4, -0.2) is 17.1 Å². The zero-order chi connectivity index (χ0) is 20.5. The van der Waals surface area contributed by atoms with Gasteiger partial charge in [0, 0.05) is 23.2 Å². The number of carbonyl (C=O) groups is 1. The highest BCUT2D eigenvalue weighted by atomic mass is 19.1. The second-order valence-corrected chi connectivity index (χ2v) is 8.51. The molecule has 0 unspecified atom stereocenters. The molecule has 4 rings (SSSR count). The summed E-state index contributed by atoms with van der Waals surface area (Å²) in [5.41, 5.74) is 0.650. The maximum absolute atomic E-state index is 14.8. The van der Waals surface area contributed by atoms with Crippen LogP contribution in [0.25, 0.3) is 17.0 Å². The first kappa shape index (κ1) is 19.9. The van der Waals surface area contributed by atoms with Crippen molar-refractivity contribution in [3.63, 3.8) is 0 Å². The van der Waals surface area contributed by atoms with E-state index >= 15 is 0 Å². The highest BCUT2D eigenvalue weighted by Gasteiger charge is 2.28. The highest BCUT2D eigenvalue weighted by Crippen LogP contribution is 2.38. The summed E-state index contributed by atoms with van der Waals surface area (Å²) in [6.07, 6.45) is 12.0. The Hall–Kier alpha value is -2.43. The minimum absolute atomic E-state index is 0.0210. The van der Waals surface area contributed by atoms with Gasteiger partial charge in [0.1, 0.15) is 11.4 Å². The summed E-state index contributed by atoms with van der Waals surface area (Å²) >= 11 is 0. The van der Waals surface area contributed by atoms with E-state index in [1.54, 1.807) is 13.1 Å². The van der Waals surface area contributed by atoms with Gasteiger partial charge in [0.25, 0.3) is 0 Å². The molecule has 2 saturated carbocycles. The predicted molar refractivity (Wildman–Crippen MR) is 113 cm³/mol. The number of esters is 1. The lowest BCUT2D eigenvalue weighted by Gasteiger charge is -2.15. The van der Waals surface area contributed by atoms with Gasteiger partial charge in [-0.2, -0.15) is 0 Å². The van der Waals surface area contributed by atoms with Gasteiger partial charge in [0.15, 0.2) is 0 Å². The second-order valence-electron chi connectivity index (χ2n) is 8.51. The molecular formula is C24H28FNO3. The number of hydrogen-bond donors (Lipinski definition) is 0. The van der Waals surface area contributed by atoms with Crippen molar-refractivity contribution in [2.24, 2.45) is 11.8 Å². The second kappa shape index (κ2) is 8.13. The smallest absolute Gasteiger partial charge is 0.343 e. The van der Waals surface area contributed by atoms with E-state index < -0.39 is 11.4 Å². The minimum atomic E-state index is -0.620. The number of aromatic nitrogens is 1. The first-order valence-electron chi connectivity index (χ1n) is 10.7. The molecule has 2 aliphatic carbocycles. The molecule has 1 heterocycles. The largest absolute Gasteiger partial charge is 0.462 e. The topological polar surface area (TPSA) is 48.3 Å². The van der Waals surface area contributed by atoms with Crippen molar-refractivity contribution >= 4 is 22.9 Å². The molecule has 0 saturated heterocycles. The molecule has 0 radical (unpaired) electrons. The number of benzene rings is 1. The number of allylic oxidation sites excluding steroid dienone is 1. The average molecular weight is 397 g/mol. The molecule has 29 heavy (non-hydrogen) atoms. The molecule has 4 nitrogen and oxygen atoms in total. The molecule has 0 aliphatic heterocycles. The zero-order valence-electron chi connectivity index (χ0n) is 17.1. The molecule has 5 heteroatoms. The lowest BCUT2D eigenvalue weighted by atomic mass is 10.0. The Morgan fingerprint density at radius 3 is 2.72 bits per heavy atom. The van der Waals surface area contributed by atoms with Crippen molar-refractivity contribution in [3.05, 3.63) is 51.6 Å². The summed E-state index contributed by atoms with van der Waals surface area (Å²) in [7, 11) is 0. The molecule has 0 bridgehead atoms. The van der Waals surface area contributed by atoms with Crippen LogP contribution in [0.3, 0.4) is 0 Å². The molecular weight excluding hydrogens is 369 g/mol. The van der Waals surface area contributed by atoms with E-state index in [4.69, 9.17) is 4.74 Å². The summed E-state index contributed by atoms with van der Waals surface area (Å²) in [5.74, 6) is 0.459. The van der Waals surface area contributed by atoms with Crippen LogP contribution in [0.15, 0.2) is 29.2 Å². The molecule has 0 N–H and O–H groups in total. The summed E-state index contributed by atoms with van der Waals surface area (Å²) in [4.78, 5) is 25.2. The Labute approximate surface area is 170 Å². The quantitative estimate of drug-likeness (QED) is 0.606. The molecule has 1 aromatic heterocycles. The fourth-order valence-electron chi connectivity index (χ4n) is 4.52. The first-order valence-corrected chi connectivity index (χ1v) is 10.7. The summed E-state index contributed by atoms with van der Waals surface area (Å²) < 4.78 is 21.8. The van der Waals surface area contributed by atoms with E-state index in [1.165, 1.54) is 31.4 Å². The van der Waals surface area contributed by atoms with E-state index in [2.05, 4.69) is 6.92 Å². The van der Waals surface area contributed by atoms with Crippen LogP contribution in [0.1, 0.15) is 74.3 Å². The van der Waals surface area contributed by atoms with Gasteiger partial charge in [-0.05, 0) is 63.0 Å². The molecule has 154 valence electrons. The fourth-order valence-corrected chi connectivity index (χ4v) is 4.52. The molecule has 0 spiro atoms. The van der Waals surface area contributed by atoms with Crippen molar-refractivity contribution in [1.82, 2.24) is 4.57 Å². The standard InChI is InChI=1S/C24H28FNO3/c1-3-29-24(28)20-14-26(17-9-10-17)22-18(21(25)12-11-19(22)23(20)27)6-4-5-16-8-7-15(2)13-16/h4,6,11-12,14-17H,3,5,7-10,13H2,1-2H3/b6-4-/t15-,16+/m1/s1. The maximum atomic E-state index is 14.8. The number of rotatable bonds is 6. The van der Waals surface area contributed by atoms with Crippen LogP contribution in [0.4, 0.5) is 4.39 Å². The number of hydrogen-bond acceptors (Lipinski definition) is 3. The van der Waals surface area contributed by atoms with E-state index in [1.807, 2.05) is 16.7 Å². The van der Waals surface area contributed by atoms with Gasteiger partial charge < -0.3 is 9.30 Å². The van der Waals surface area contributed by atoms with Gasteiger partial charge in [-0.3, -0.25) is 4.79 Å². The number of nitrogens with zero attached hydrogens (tertiary/aromatic N) is 1. The van der Waals surface area contributed by atoms with Gasteiger partial charge in [-0.1, -0.05) is 25.5 Å². The van der Waals surface area contributed by atoms with E-state index in [0.29, 0.717) is 22.4 Å². The highest BCUT2D eigenvalue weighted by molar-refractivity contribution is 5.96. The van der Waals surface area contributed by atoms with Crippen LogP contribution in [0.5, 0.6) is 0 Å². The van der Waals surface area contributed by atoms with Crippen LogP contribution in [0, 0.1) is 17.7 Å². The Morgan fingerprint density at radius 2 is 2.07 bits per heavy atom. The monoisotopic (exact) mass is 397 g/mol. The van der Waals surface area contributed by atoms with Crippen molar-refractivity contribution in [3.8, 4) is 0 Å². The molecule has 2 atom stereocenters. The third-order valence-corrected chi connectivity index (χ3v) is 6.17. The minimum Gasteiger partial charge on any atom is -0.462 e. The van der Waals surface area contributed by atoms with Crippen LogP contribution < -0.4 is 5.43 Å². The fraction of sp³-hybridized carbons (Fsp3) is 0.500. The Bertz CT molecular complexity index is 1020. The average Bonchev–Trinajstić information content (AvgIpc) is 3.45. The summed E-state index contributed by atoms with van der Waals surface area (Å²) in [5, 5.41) is 0.373. The van der Waals surface area contributed by atoms with Crippen molar-refractivity contribution in [2.75, 3.05) is 6.61 Å². The third kappa shape index (κ3) is 4.00. The van der Waals surface area contributed by atoms with Crippen LogP contribution in [0.2, 0.25) is 0 Å². The number of halogens is 1. The first-order chi connectivity index (χ1) is 14.0. The molecule has 2 aromatic rings. The van der Waals surface area contributed by atoms with Crippen LogP contribution in [-0.2, 0) is 4.74 Å². The molecule has 2 fully saturated rings. The van der Waals surface area contributed by atoms with Gasteiger partial charge in [0.05, 0.1) is 12.1 Å². The van der Waals surface area contributed by atoms with E-state index in [9.17, 15) is 14.0 Å². The number of carbonyl (C=O) groups excluding carboxylic acids is 1. The van der Waals surface area contributed by atoms with Gasteiger partial charge in [-0.25, -0.2) is 9.18 Å². The zero-order valence-corrected chi connectivity index (χ0v) is 17.1. The van der Waals surface area contributed by atoms with E-state index in [-0.39, 0.29) is 24.0 Å². The van der Waals surface area contributed by atoms with Gasteiger partial charge >= 0.3 is 5.97 Å². The summed E-state index contributed by atoms with van der Waals surface area (Å²) in [6, 6.07) is 3.01. The summed E-state index contributed by atoms with van der Waals surface area (Å²) in [6.45, 7) is 4.20. The molecule has 0 amide bonds. The SMILES string of the molecule is CCOC(=O)c1cn(C2CC2)c2c(/C=C\C[C@H]3CC[C@@H](C)C3)c(F)ccc2c1=O. The number of pyridine rings is 1. The normalized spacial score (nSPS) is 21.9. The van der Waals surface area contributed by atoms with Gasteiger partial charge in [0.2, 0.25) is 5.43 Å². The van der Waals surface area contributed by atoms with Crippen molar-refractivity contribution in [2.45, 2.75) is 58.4 Å². The van der Waals surface area contributed by atoms with Gasteiger partial charge in [-0.15, -0.1) is 0 Å². The number of fused-ring (bicyclic) bond motifs is 1. The molecule has 2 aliphatic rings. The Kier molecular flexibility index (Phi) is 5.57. The lowest BCUT2D eigenvalue weighted by molar-refractivity contribution is 0.0524. The lowest BCUT2D eigenvalue weighted by Crippen LogP contribution is -2.21. The predicted octanol–water partition coefficient (Wildman–Crippen LogP) is 5.49. The third-order valence-electron chi connectivity index (χ3n) is 6.17. The van der Waals surface area contributed by atoms with Crippen molar-refractivity contribution in [1.29, 1.82) is 0 Å². The maximum Gasteiger partial charge on any atom is 0.343 e. The number of ether oxygens (including phenoxy) is 1.